The Balaban J connectivity index is 5.44. The molecular formula is C81H132O17P2. The molecule has 0 saturated carbocycles. The van der Waals surface area contributed by atoms with Gasteiger partial charge in [0, 0.05) is 25.7 Å². The molecule has 0 bridgehead atoms. The van der Waals surface area contributed by atoms with Gasteiger partial charge in [0.2, 0.25) is 0 Å². The molecule has 5 unspecified atom stereocenters. The van der Waals surface area contributed by atoms with Crippen molar-refractivity contribution in [3.63, 3.8) is 0 Å². The standard InChI is InChI=1S/C81H132O17P2/c1-5-9-13-17-21-25-29-32-35-36-37-38-41-43-47-50-54-58-62-66-79(84)92-72-77(98-81(86)68-64-60-56-52-48-44-40-34-31-27-23-19-15-11-7-3)74-96-100(89,90)94-70-75(82)69-93-99(87,88)95-73-76(97-80(85)67-63-59-55-51-45-28-24-20-16-12-8-4)71-91-78(83)65-61-57-53-49-46-42-39-33-30-26-22-18-14-10-6-2/h9-11,13-15,21-23,25-27,32-35,37-40,43,46-49,52,75-77,82H,5-8,12,16-20,24,28-31,36,41-42,44-45,50-51,53-74H2,1-4H3,(H,87,88)(H,89,90)/b13-9-,14-10-,15-11-,25-21-,26-22-,27-23-,35-32-,38-37-,39-33-,40-34-,47-43-,49-46-,52-48-. The molecule has 3 N–H and O–H groups in total. The second-order valence-electron chi connectivity index (χ2n) is 24.5. The maximum absolute atomic E-state index is 13.1. The summed E-state index contributed by atoms with van der Waals surface area (Å²) in [5, 5.41) is 10.6. The number of hydrogen-bond acceptors (Lipinski definition) is 15. The van der Waals surface area contributed by atoms with Gasteiger partial charge in [-0.1, -0.05) is 256 Å². The summed E-state index contributed by atoms with van der Waals surface area (Å²) in [6.07, 6.45) is 82.5. The molecule has 0 rings (SSSR count). The topological polar surface area (TPSA) is 237 Å². The van der Waals surface area contributed by atoms with E-state index in [1.807, 2.05) is 0 Å². The van der Waals surface area contributed by atoms with Gasteiger partial charge in [0.15, 0.2) is 12.2 Å². The molecule has 17 nitrogen and oxygen atoms in total. The SMILES string of the molecule is CC/C=C\C/C=C\C/C=C\C/C=C\C/C=C\CCCCCC(=O)OCC(COP(=O)(O)OCC(O)COP(=O)(O)OCC(COC(=O)CCCC/C=C\C/C=C\C/C=C\C/C=C\CC)OC(=O)CCCCCCCCCCCCC)OC(=O)CCCC/C=C\C/C=C\C/C=C\C/C=C\CC. The van der Waals surface area contributed by atoms with Gasteiger partial charge in [-0.2, -0.15) is 0 Å². The summed E-state index contributed by atoms with van der Waals surface area (Å²) >= 11 is 0. The maximum atomic E-state index is 13.1. The van der Waals surface area contributed by atoms with Gasteiger partial charge in [-0.15, -0.1) is 0 Å². The Hall–Kier alpha value is -5.32. The van der Waals surface area contributed by atoms with Crippen LogP contribution in [0.3, 0.4) is 0 Å². The molecule has 0 heterocycles. The summed E-state index contributed by atoms with van der Waals surface area (Å²) in [4.78, 5) is 72.8. The number of ether oxygens (including phenoxy) is 4. The number of esters is 4. The molecule has 100 heavy (non-hydrogen) atoms. The fraction of sp³-hybridized carbons (Fsp3) is 0.630. The molecule has 568 valence electrons. The molecule has 0 spiro atoms. The molecule has 0 saturated heterocycles. The number of carbonyl (C=O) groups is 4. The van der Waals surface area contributed by atoms with Gasteiger partial charge in [-0.3, -0.25) is 37.3 Å². The highest BCUT2D eigenvalue weighted by Gasteiger charge is 2.30. The highest BCUT2D eigenvalue weighted by Crippen LogP contribution is 2.45. The van der Waals surface area contributed by atoms with Crippen molar-refractivity contribution in [3.05, 3.63) is 158 Å². The van der Waals surface area contributed by atoms with Crippen LogP contribution in [0.1, 0.15) is 272 Å². The molecule has 0 aliphatic carbocycles. The van der Waals surface area contributed by atoms with Gasteiger partial charge in [0.25, 0.3) is 0 Å². The molecule has 19 heteroatoms. The summed E-state index contributed by atoms with van der Waals surface area (Å²) in [5.41, 5.74) is 0. The molecule has 0 aliphatic rings. The van der Waals surface area contributed by atoms with Crippen molar-refractivity contribution in [2.24, 2.45) is 0 Å². The zero-order valence-electron chi connectivity index (χ0n) is 61.8. The third kappa shape index (κ3) is 71.1. The number of hydrogen-bond donors (Lipinski definition) is 3. The molecule has 0 aliphatic heterocycles. The number of phosphoric acid groups is 2. The maximum Gasteiger partial charge on any atom is 0.472 e. The summed E-state index contributed by atoms with van der Waals surface area (Å²) in [6, 6.07) is 0. The number of unbranched alkanes of at least 4 members (excludes halogenated alkanes) is 17. The van der Waals surface area contributed by atoms with E-state index in [-0.39, 0.29) is 25.7 Å². The number of carbonyl (C=O) groups excluding carboxylic acids is 4. The molecule has 0 radical (unpaired) electrons. The Morgan fingerprint density at radius 1 is 0.290 bits per heavy atom. The minimum absolute atomic E-state index is 0.0289. The van der Waals surface area contributed by atoms with Crippen LogP contribution in [-0.2, 0) is 65.4 Å². The third-order valence-corrected chi connectivity index (χ3v) is 16.9. The second-order valence-corrected chi connectivity index (χ2v) is 27.4. The van der Waals surface area contributed by atoms with Crippen molar-refractivity contribution in [2.45, 2.75) is 290 Å². The lowest BCUT2D eigenvalue weighted by Gasteiger charge is -2.21. The quantitative estimate of drug-likeness (QED) is 0.0169. The monoisotopic (exact) mass is 1440 g/mol. The van der Waals surface area contributed by atoms with Gasteiger partial charge < -0.3 is 33.8 Å². The van der Waals surface area contributed by atoms with Gasteiger partial charge >= 0.3 is 39.5 Å². The van der Waals surface area contributed by atoms with Crippen molar-refractivity contribution >= 4 is 39.5 Å². The molecule has 0 fully saturated rings. The van der Waals surface area contributed by atoms with E-state index in [2.05, 4.69) is 186 Å². The average molecular weight is 1440 g/mol. The van der Waals surface area contributed by atoms with Gasteiger partial charge in [-0.25, -0.2) is 9.13 Å². The van der Waals surface area contributed by atoms with E-state index >= 15 is 0 Å². The normalized spacial score (nSPS) is 14.8. The first kappa shape index (κ1) is 94.7. The molecule has 0 amide bonds. The lowest BCUT2D eigenvalue weighted by molar-refractivity contribution is -0.161. The number of allylic oxidation sites excluding steroid dienone is 26. The van der Waals surface area contributed by atoms with E-state index in [0.29, 0.717) is 32.1 Å². The molecule has 0 aromatic carbocycles. The summed E-state index contributed by atoms with van der Waals surface area (Å²) in [6.45, 7) is 4.36. The fourth-order valence-electron chi connectivity index (χ4n) is 9.34. The van der Waals surface area contributed by atoms with Gasteiger partial charge in [0.05, 0.1) is 26.4 Å². The second kappa shape index (κ2) is 72.0. The summed E-state index contributed by atoms with van der Waals surface area (Å²) in [7, 11) is -9.99. The molecule has 0 aromatic rings. The average Bonchev–Trinajstić information content (AvgIpc) is 0.985. The molecular weight excluding hydrogens is 1310 g/mol. The smallest absolute Gasteiger partial charge is 0.462 e. The minimum Gasteiger partial charge on any atom is -0.462 e. The van der Waals surface area contributed by atoms with E-state index in [1.165, 1.54) is 38.5 Å². The van der Waals surface area contributed by atoms with Crippen molar-refractivity contribution in [3.8, 4) is 0 Å². The van der Waals surface area contributed by atoms with Gasteiger partial charge in [-0.05, 0) is 148 Å². The Morgan fingerprint density at radius 2 is 0.520 bits per heavy atom. The summed E-state index contributed by atoms with van der Waals surface area (Å²) in [5.74, 6) is -2.32. The van der Waals surface area contributed by atoms with Crippen molar-refractivity contribution < 1.29 is 80.2 Å². The van der Waals surface area contributed by atoms with Crippen LogP contribution in [0.15, 0.2) is 158 Å². The van der Waals surface area contributed by atoms with Gasteiger partial charge in [0.1, 0.15) is 19.3 Å². The van der Waals surface area contributed by atoms with Crippen LogP contribution >= 0.6 is 15.6 Å². The highest BCUT2D eigenvalue weighted by atomic mass is 31.2. The van der Waals surface area contributed by atoms with Crippen LogP contribution in [0, 0.1) is 0 Å². The zero-order chi connectivity index (χ0) is 73.2. The number of rotatable bonds is 69. The fourth-order valence-corrected chi connectivity index (χ4v) is 10.9. The van der Waals surface area contributed by atoms with E-state index < -0.39 is 97.5 Å². The largest absolute Gasteiger partial charge is 0.472 e. The van der Waals surface area contributed by atoms with Crippen LogP contribution in [-0.4, -0.2) is 96.7 Å². The van der Waals surface area contributed by atoms with E-state index in [0.717, 1.165) is 148 Å². The lowest BCUT2D eigenvalue weighted by Crippen LogP contribution is -2.30. The van der Waals surface area contributed by atoms with E-state index in [4.69, 9.17) is 37.0 Å². The number of aliphatic hydroxyl groups is 1. The Morgan fingerprint density at radius 3 is 0.820 bits per heavy atom. The first-order chi connectivity index (χ1) is 48.7. The Bertz CT molecular complexity index is 2520. The number of phosphoric ester groups is 2. The number of aliphatic hydroxyl groups excluding tert-OH is 1. The Labute approximate surface area is 604 Å². The minimum atomic E-state index is -5.00. The zero-order valence-corrected chi connectivity index (χ0v) is 63.6. The van der Waals surface area contributed by atoms with Crippen molar-refractivity contribution in [2.75, 3.05) is 39.6 Å². The third-order valence-electron chi connectivity index (χ3n) is 15.0. The first-order valence-corrected chi connectivity index (χ1v) is 40.7. The van der Waals surface area contributed by atoms with Crippen molar-refractivity contribution in [1.82, 2.24) is 0 Å². The predicted octanol–water partition coefficient (Wildman–Crippen LogP) is 21.7. The first-order valence-electron chi connectivity index (χ1n) is 37.7. The van der Waals surface area contributed by atoms with E-state index in [1.54, 1.807) is 0 Å². The van der Waals surface area contributed by atoms with Crippen LogP contribution in [0.25, 0.3) is 0 Å². The predicted molar refractivity (Wildman–Crippen MR) is 408 cm³/mol. The lowest BCUT2D eigenvalue weighted by atomic mass is 10.1. The van der Waals surface area contributed by atoms with Crippen molar-refractivity contribution in [1.29, 1.82) is 0 Å². The highest BCUT2D eigenvalue weighted by molar-refractivity contribution is 7.47. The van der Waals surface area contributed by atoms with Crippen LogP contribution in [0.4, 0.5) is 0 Å². The van der Waals surface area contributed by atoms with Crippen LogP contribution in [0.5, 0.6) is 0 Å². The Kier molecular flexibility index (Phi) is 68.2. The van der Waals surface area contributed by atoms with Crippen LogP contribution < -0.4 is 0 Å². The van der Waals surface area contributed by atoms with E-state index in [9.17, 15) is 43.2 Å². The molecule has 0 aromatic heterocycles. The molecule has 5 atom stereocenters. The summed E-state index contributed by atoms with van der Waals surface area (Å²) < 4.78 is 68.3. The van der Waals surface area contributed by atoms with Crippen LogP contribution in [0.2, 0.25) is 0 Å².